The van der Waals surface area contributed by atoms with Gasteiger partial charge in [-0.3, -0.25) is 0 Å². The van der Waals surface area contributed by atoms with E-state index in [-0.39, 0.29) is 34.5 Å². The molecule has 2 heterocycles. The van der Waals surface area contributed by atoms with Crippen molar-refractivity contribution in [2.45, 2.75) is 12.5 Å². The number of ether oxygens (including phenoxy) is 4. The van der Waals surface area contributed by atoms with Crippen LogP contribution in [0.25, 0.3) is 0 Å². The Morgan fingerprint density at radius 1 is 1.25 bits per heavy atom. The molecule has 20 heavy (non-hydrogen) atoms. The Labute approximate surface area is 119 Å². The van der Waals surface area contributed by atoms with E-state index in [0.717, 1.165) is 11.3 Å². The number of thiophene rings is 1. The second kappa shape index (κ2) is 6.10. The van der Waals surface area contributed by atoms with Gasteiger partial charge in [0.1, 0.15) is 6.10 Å². The average molecular weight is 302 g/mol. The molecular formula is C12H14O7S. The van der Waals surface area contributed by atoms with Crippen LogP contribution in [-0.4, -0.2) is 50.6 Å². The number of rotatable bonds is 3. The van der Waals surface area contributed by atoms with Crippen LogP contribution in [-0.2, 0) is 9.47 Å². The zero-order valence-corrected chi connectivity index (χ0v) is 11.8. The van der Waals surface area contributed by atoms with E-state index in [0.29, 0.717) is 6.42 Å². The molecule has 1 unspecified atom stereocenters. The van der Waals surface area contributed by atoms with E-state index < -0.39 is 18.0 Å². The molecular weight excluding hydrogens is 288 g/mol. The summed E-state index contributed by atoms with van der Waals surface area (Å²) in [5.41, 5.74) is 0. The largest absolute Gasteiger partial charge is 0.488 e. The van der Waals surface area contributed by atoms with Gasteiger partial charge in [0.2, 0.25) is 0 Å². The number of hydrogen-bond donors (Lipinski definition) is 1. The summed E-state index contributed by atoms with van der Waals surface area (Å²) in [7, 11) is 2.47. The minimum absolute atomic E-state index is 0.114. The molecule has 0 amide bonds. The van der Waals surface area contributed by atoms with Gasteiger partial charge in [-0.2, -0.15) is 0 Å². The van der Waals surface area contributed by atoms with Crippen LogP contribution in [0.1, 0.15) is 25.8 Å². The zero-order chi connectivity index (χ0) is 14.7. The zero-order valence-electron chi connectivity index (χ0n) is 11.0. The van der Waals surface area contributed by atoms with Gasteiger partial charge in [0, 0.05) is 6.42 Å². The van der Waals surface area contributed by atoms with Crippen molar-refractivity contribution >= 4 is 23.3 Å². The predicted octanol–water partition coefficient (Wildman–Crippen LogP) is 0.843. The molecule has 0 saturated heterocycles. The molecule has 1 aliphatic heterocycles. The fraction of sp³-hybridized carbons (Fsp3) is 0.500. The van der Waals surface area contributed by atoms with Crippen LogP contribution in [0, 0.1) is 0 Å². The van der Waals surface area contributed by atoms with Gasteiger partial charge in [0.25, 0.3) is 0 Å². The first-order chi connectivity index (χ1) is 9.62. The van der Waals surface area contributed by atoms with Gasteiger partial charge in [-0.1, -0.05) is 0 Å². The first kappa shape index (κ1) is 14.6. The highest BCUT2D eigenvalue weighted by Gasteiger charge is 2.33. The lowest BCUT2D eigenvalue weighted by Gasteiger charge is -2.12. The molecule has 1 aromatic rings. The van der Waals surface area contributed by atoms with E-state index >= 15 is 0 Å². The third-order valence-corrected chi connectivity index (χ3v) is 3.85. The Morgan fingerprint density at radius 3 is 2.40 bits per heavy atom. The average Bonchev–Trinajstić information content (AvgIpc) is 2.69. The van der Waals surface area contributed by atoms with Crippen LogP contribution >= 0.6 is 11.3 Å². The van der Waals surface area contributed by atoms with Gasteiger partial charge >= 0.3 is 11.9 Å². The Morgan fingerprint density at radius 2 is 1.85 bits per heavy atom. The topological polar surface area (TPSA) is 91.3 Å². The Kier molecular flexibility index (Phi) is 4.46. The summed E-state index contributed by atoms with van der Waals surface area (Å²) in [6, 6.07) is 0. The van der Waals surface area contributed by atoms with Crippen LogP contribution in [0.2, 0.25) is 0 Å². The van der Waals surface area contributed by atoms with Gasteiger partial charge in [0.15, 0.2) is 21.3 Å². The van der Waals surface area contributed by atoms with Gasteiger partial charge in [-0.05, 0) is 0 Å². The highest BCUT2D eigenvalue weighted by atomic mass is 32.1. The lowest BCUT2D eigenvalue weighted by molar-refractivity contribution is 0.0588. The molecule has 1 aliphatic rings. The molecule has 1 N–H and O–H groups in total. The minimum Gasteiger partial charge on any atom is -0.488 e. The van der Waals surface area contributed by atoms with Crippen molar-refractivity contribution in [3.8, 4) is 11.5 Å². The molecule has 110 valence electrons. The first-order valence-corrected chi connectivity index (χ1v) is 6.67. The molecule has 0 saturated carbocycles. The number of carbonyl (C=O) groups excluding carboxylic acids is 2. The van der Waals surface area contributed by atoms with E-state index in [1.807, 2.05) is 0 Å². The second-order valence-corrected chi connectivity index (χ2v) is 4.98. The Bertz CT molecular complexity index is 522. The number of aliphatic hydroxyl groups excluding tert-OH is 1. The standard InChI is InChI=1S/C12H14O7S/c1-16-11(14)9-7-8(10(20-9)12(15)17-2)19-6(5-13)3-4-18-7/h6,13H,3-5H2,1-2H3. The Balaban J connectivity index is 2.51. The van der Waals surface area contributed by atoms with Crippen molar-refractivity contribution in [2.75, 3.05) is 27.4 Å². The van der Waals surface area contributed by atoms with E-state index in [4.69, 9.17) is 9.47 Å². The maximum Gasteiger partial charge on any atom is 0.352 e. The number of aliphatic hydroxyl groups is 1. The quantitative estimate of drug-likeness (QED) is 0.827. The van der Waals surface area contributed by atoms with E-state index in [1.165, 1.54) is 14.2 Å². The van der Waals surface area contributed by atoms with E-state index in [1.54, 1.807) is 0 Å². The molecule has 0 aromatic carbocycles. The maximum absolute atomic E-state index is 11.8. The van der Waals surface area contributed by atoms with Crippen LogP contribution < -0.4 is 9.47 Å². The number of hydrogen-bond acceptors (Lipinski definition) is 8. The molecule has 7 nitrogen and oxygen atoms in total. The SMILES string of the molecule is COC(=O)c1sc(C(=O)OC)c2c1OCCC(CO)O2. The normalized spacial score (nSPS) is 17.2. The number of carbonyl (C=O) groups is 2. The third kappa shape index (κ3) is 2.56. The second-order valence-electron chi connectivity index (χ2n) is 3.96. The van der Waals surface area contributed by atoms with Crippen molar-refractivity contribution in [1.82, 2.24) is 0 Å². The first-order valence-electron chi connectivity index (χ1n) is 5.86. The lowest BCUT2D eigenvalue weighted by atomic mass is 10.3. The monoisotopic (exact) mass is 302 g/mol. The summed E-state index contributed by atoms with van der Waals surface area (Å²) in [6.07, 6.45) is -0.0587. The molecule has 1 atom stereocenters. The van der Waals surface area contributed by atoms with E-state index in [2.05, 4.69) is 9.47 Å². The van der Waals surface area contributed by atoms with Crippen LogP contribution in [0.4, 0.5) is 0 Å². The van der Waals surface area contributed by atoms with Crippen LogP contribution in [0.15, 0.2) is 0 Å². The molecule has 0 bridgehead atoms. The van der Waals surface area contributed by atoms with Gasteiger partial charge in [-0.15, -0.1) is 11.3 Å². The van der Waals surface area contributed by atoms with Gasteiger partial charge in [-0.25, -0.2) is 9.59 Å². The number of fused-ring (bicyclic) bond motifs is 1. The lowest BCUT2D eigenvalue weighted by Crippen LogP contribution is -2.22. The summed E-state index contributed by atoms with van der Waals surface area (Å²) in [6.45, 7) is 0.0480. The number of esters is 2. The van der Waals surface area contributed by atoms with E-state index in [9.17, 15) is 14.7 Å². The molecule has 8 heteroatoms. The highest BCUT2D eigenvalue weighted by molar-refractivity contribution is 7.16. The highest BCUT2D eigenvalue weighted by Crippen LogP contribution is 2.45. The molecule has 0 radical (unpaired) electrons. The summed E-state index contributed by atoms with van der Waals surface area (Å²) in [5.74, 6) is -0.965. The fourth-order valence-electron chi connectivity index (χ4n) is 1.74. The van der Waals surface area contributed by atoms with Crippen molar-refractivity contribution in [2.24, 2.45) is 0 Å². The molecule has 1 aromatic heterocycles. The summed E-state index contributed by atoms with van der Waals surface area (Å²) in [5, 5.41) is 9.21. The van der Waals surface area contributed by atoms with Crippen molar-refractivity contribution in [3.05, 3.63) is 9.75 Å². The van der Waals surface area contributed by atoms with Crippen molar-refractivity contribution < 1.29 is 33.6 Å². The van der Waals surface area contributed by atoms with Gasteiger partial charge < -0.3 is 24.1 Å². The minimum atomic E-state index is -0.636. The van der Waals surface area contributed by atoms with Gasteiger partial charge in [0.05, 0.1) is 27.4 Å². The van der Waals surface area contributed by atoms with Crippen molar-refractivity contribution in [3.63, 3.8) is 0 Å². The van der Waals surface area contributed by atoms with Crippen LogP contribution in [0.5, 0.6) is 11.5 Å². The Hall–Kier alpha value is -1.80. The number of methoxy groups -OCH3 is 2. The fourth-order valence-corrected chi connectivity index (χ4v) is 2.76. The smallest absolute Gasteiger partial charge is 0.352 e. The summed E-state index contributed by atoms with van der Waals surface area (Å²) in [4.78, 5) is 23.7. The molecule has 2 rings (SSSR count). The third-order valence-electron chi connectivity index (χ3n) is 2.74. The molecule has 0 fully saturated rings. The maximum atomic E-state index is 11.8. The molecule has 0 aliphatic carbocycles. The van der Waals surface area contributed by atoms with Crippen molar-refractivity contribution in [1.29, 1.82) is 0 Å². The van der Waals surface area contributed by atoms with Crippen LogP contribution in [0.3, 0.4) is 0 Å². The summed E-state index contributed by atoms with van der Waals surface area (Å²) < 4.78 is 20.4. The predicted molar refractivity (Wildman–Crippen MR) is 68.6 cm³/mol. The summed E-state index contributed by atoms with van der Waals surface area (Å²) >= 11 is 0.882. The molecule has 0 spiro atoms.